The van der Waals surface area contributed by atoms with Crippen molar-refractivity contribution in [2.45, 2.75) is 6.18 Å². The zero-order valence-corrected chi connectivity index (χ0v) is 8.62. The average molecular weight is 286 g/mol. The van der Waals surface area contributed by atoms with Crippen molar-refractivity contribution in [1.29, 1.82) is 0 Å². The van der Waals surface area contributed by atoms with E-state index in [1.54, 1.807) is 5.32 Å². The zero-order valence-electron chi connectivity index (χ0n) is 7.03. The largest absolute Gasteiger partial charge is 0.471 e. The summed E-state index contributed by atoms with van der Waals surface area (Å²) >= 11 is 2.78. The summed E-state index contributed by atoms with van der Waals surface area (Å²) in [5.41, 5.74) is -0.134. The molecule has 0 unspecified atom stereocenters. The Morgan fingerprint density at radius 2 is 1.93 bits per heavy atom. The summed E-state index contributed by atoms with van der Waals surface area (Å²) < 4.78 is 48.1. The van der Waals surface area contributed by atoms with E-state index < -0.39 is 17.9 Å². The number of alkyl halides is 3. The molecule has 1 aromatic carbocycles. The van der Waals surface area contributed by atoms with Crippen molar-refractivity contribution in [3.8, 4) is 0 Å². The van der Waals surface area contributed by atoms with E-state index in [1.807, 2.05) is 0 Å². The third-order valence-corrected chi connectivity index (χ3v) is 2.04. The Morgan fingerprint density at radius 1 is 1.33 bits per heavy atom. The third-order valence-electron chi connectivity index (χ3n) is 1.43. The number of benzene rings is 1. The van der Waals surface area contributed by atoms with Crippen LogP contribution in [-0.4, -0.2) is 12.1 Å². The lowest BCUT2D eigenvalue weighted by atomic mass is 10.3. The fourth-order valence-electron chi connectivity index (χ4n) is 0.776. The van der Waals surface area contributed by atoms with E-state index in [0.29, 0.717) is 0 Å². The Bertz CT molecular complexity index is 391. The van der Waals surface area contributed by atoms with Crippen LogP contribution in [0.5, 0.6) is 0 Å². The first-order valence-electron chi connectivity index (χ1n) is 3.64. The van der Waals surface area contributed by atoms with E-state index in [0.717, 1.165) is 18.2 Å². The van der Waals surface area contributed by atoms with Crippen molar-refractivity contribution < 1.29 is 22.4 Å². The number of rotatable bonds is 1. The number of halogens is 5. The van der Waals surface area contributed by atoms with E-state index in [4.69, 9.17) is 0 Å². The predicted octanol–water partition coefficient (Wildman–Crippen LogP) is 3.09. The molecule has 15 heavy (non-hydrogen) atoms. The molecule has 0 spiro atoms. The van der Waals surface area contributed by atoms with Crippen molar-refractivity contribution in [3.63, 3.8) is 0 Å². The summed E-state index contributed by atoms with van der Waals surface area (Å²) in [4.78, 5) is 10.5. The molecule has 0 saturated heterocycles. The van der Waals surface area contributed by atoms with Gasteiger partial charge in [-0.25, -0.2) is 4.39 Å². The van der Waals surface area contributed by atoms with Crippen LogP contribution in [0.4, 0.5) is 23.2 Å². The van der Waals surface area contributed by atoms with Gasteiger partial charge in [0.1, 0.15) is 5.82 Å². The molecule has 0 heterocycles. The molecule has 0 aliphatic carbocycles. The van der Waals surface area contributed by atoms with E-state index in [2.05, 4.69) is 15.9 Å². The summed E-state index contributed by atoms with van der Waals surface area (Å²) in [7, 11) is 0. The summed E-state index contributed by atoms with van der Waals surface area (Å²) in [6.07, 6.45) is -4.96. The Morgan fingerprint density at radius 3 is 2.40 bits per heavy atom. The van der Waals surface area contributed by atoms with Crippen LogP contribution in [0, 0.1) is 5.82 Å². The Kier molecular flexibility index (Phi) is 3.33. The second-order valence-corrected chi connectivity index (χ2v) is 3.44. The molecule has 1 rings (SSSR count). The summed E-state index contributed by atoms with van der Waals surface area (Å²) in [5.74, 6) is -2.72. The third kappa shape index (κ3) is 3.19. The van der Waals surface area contributed by atoms with Crippen molar-refractivity contribution in [3.05, 3.63) is 28.5 Å². The minimum Gasteiger partial charge on any atom is -0.318 e. The molecule has 0 saturated carbocycles. The van der Waals surface area contributed by atoms with E-state index >= 15 is 0 Å². The quantitative estimate of drug-likeness (QED) is 0.790. The molecule has 0 fully saturated rings. The Labute approximate surface area is 90.4 Å². The number of hydrogen-bond acceptors (Lipinski definition) is 1. The molecule has 0 bridgehead atoms. The predicted molar refractivity (Wildman–Crippen MR) is 48.8 cm³/mol. The van der Waals surface area contributed by atoms with Gasteiger partial charge in [-0.2, -0.15) is 13.2 Å². The van der Waals surface area contributed by atoms with Crippen molar-refractivity contribution in [1.82, 2.24) is 0 Å². The van der Waals surface area contributed by atoms with Gasteiger partial charge in [0.15, 0.2) is 0 Å². The molecule has 1 aromatic rings. The van der Waals surface area contributed by atoms with Gasteiger partial charge in [-0.3, -0.25) is 4.79 Å². The van der Waals surface area contributed by atoms with Gasteiger partial charge in [0.2, 0.25) is 0 Å². The highest BCUT2D eigenvalue weighted by molar-refractivity contribution is 9.10. The van der Waals surface area contributed by atoms with Gasteiger partial charge in [-0.1, -0.05) is 0 Å². The van der Waals surface area contributed by atoms with Gasteiger partial charge in [0, 0.05) is 5.69 Å². The van der Waals surface area contributed by atoms with Crippen LogP contribution in [0.3, 0.4) is 0 Å². The van der Waals surface area contributed by atoms with Crippen molar-refractivity contribution in [2.75, 3.05) is 5.32 Å². The van der Waals surface area contributed by atoms with Gasteiger partial charge in [0.05, 0.1) is 4.47 Å². The number of carbonyl (C=O) groups is 1. The van der Waals surface area contributed by atoms with E-state index in [9.17, 15) is 22.4 Å². The summed E-state index contributed by atoms with van der Waals surface area (Å²) in [6.45, 7) is 0. The molecule has 7 heteroatoms. The smallest absolute Gasteiger partial charge is 0.318 e. The Hall–Kier alpha value is -1.11. The van der Waals surface area contributed by atoms with Gasteiger partial charge in [0.25, 0.3) is 0 Å². The molecule has 1 N–H and O–H groups in total. The van der Waals surface area contributed by atoms with Crippen LogP contribution in [0.15, 0.2) is 22.7 Å². The molecule has 0 aliphatic heterocycles. The van der Waals surface area contributed by atoms with E-state index in [-0.39, 0.29) is 10.2 Å². The van der Waals surface area contributed by atoms with Crippen LogP contribution >= 0.6 is 15.9 Å². The first-order valence-corrected chi connectivity index (χ1v) is 4.43. The fraction of sp³-hybridized carbons (Fsp3) is 0.125. The maximum atomic E-state index is 12.7. The van der Waals surface area contributed by atoms with Crippen LogP contribution < -0.4 is 5.32 Å². The highest BCUT2D eigenvalue weighted by Gasteiger charge is 2.38. The van der Waals surface area contributed by atoms with Gasteiger partial charge >= 0.3 is 12.1 Å². The summed E-state index contributed by atoms with van der Waals surface area (Å²) in [5, 5.41) is 1.59. The minimum absolute atomic E-state index is 0.0255. The normalized spacial score (nSPS) is 11.3. The zero-order chi connectivity index (χ0) is 11.6. The van der Waals surface area contributed by atoms with Gasteiger partial charge in [-0.15, -0.1) is 0 Å². The Balaban J connectivity index is 2.83. The van der Waals surface area contributed by atoms with Crippen LogP contribution in [0.25, 0.3) is 0 Å². The highest BCUT2D eigenvalue weighted by Crippen LogP contribution is 2.22. The van der Waals surface area contributed by atoms with Gasteiger partial charge in [-0.05, 0) is 34.1 Å². The number of carbonyl (C=O) groups excluding carboxylic acids is 1. The van der Waals surface area contributed by atoms with E-state index in [1.165, 1.54) is 0 Å². The van der Waals surface area contributed by atoms with Gasteiger partial charge < -0.3 is 5.32 Å². The first kappa shape index (κ1) is 12.0. The molecule has 0 aliphatic rings. The SMILES string of the molecule is O=C(Nc1ccc(F)c(Br)c1)C(F)(F)F. The first-order chi connectivity index (χ1) is 6.80. The highest BCUT2D eigenvalue weighted by atomic mass is 79.9. The van der Waals surface area contributed by atoms with Crippen molar-refractivity contribution >= 4 is 27.5 Å². The number of hydrogen-bond donors (Lipinski definition) is 1. The number of anilines is 1. The van der Waals surface area contributed by atoms with Crippen molar-refractivity contribution in [2.24, 2.45) is 0 Å². The second-order valence-electron chi connectivity index (χ2n) is 2.58. The average Bonchev–Trinajstić information content (AvgIpc) is 2.10. The molecule has 82 valence electrons. The molecule has 2 nitrogen and oxygen atoms in total. The number of amides is 1. The maximum Gasteiger partial charge on any atom is 0.471 e. The molecule has 0 radical (unpaired) electrons. The second kappa shape index (κ2) is 4.18. The standard InChI is InChI=1S/C8H4BrF4NO/c9-5-3-4(1-2-6(5)10)14-7(15)8(11,12)13/h1-3H,(H,14,15). The number of nitrogens with one attached hydrogen (secondary N) is 1. The molecule has 1 amide bonds. The monoisotopic (exact) mass is 285 g/mol. The molecule has 0 aromatic heterocycles. The van der Waals surface area contributed by atoms with Crippen LogP contribution in [-0.2, 0) is 4.79 Å². The molecule has 0 atom stereocenters. The topological polar surface area (TPSA) is 29.1 Å². The molecular formula is C8H4BrF4NO. The van der Waals surface area contributed by atoms with Crippen LogP contribution in [0.1, 0.15) is 0 Å². The minimum atomic E-state index is -4.96. The lowest BCUT2D eigenvalue weighted by Gasteiger charge is -2.08. The lowest BCUT2D eigenvalue weighted by Crippen LogP contribution is -2.29. The summed E-state index contributed by atoms with van der Waals surface area (Å²) in [6, 6.07) is 3.01. The van der Waals surface area contributed by atoms with Crippen LogP contribution in [0.2, 0.25) is 0 Å². The maximum absolute atomic E-state index is 12.7. The molecular weight excluding hydrogens is 282 g/mol. The fourth-order valence-corrected chi connectivity index (χ4v) is 1.15. The lowest BCUT2D eigenvalue weighted by molar-refractivity contribution is -0.167.